The summed E-state index contributed by atoms with van der Waals surface area (Å²) in [4.78, 5) is 24.1. The Kier molecular flexibility index (Phi) is 3.50. The fourth-order valence-corrected chi connectivity index (χ4v) is 2.32. The minimum Gasteiger partial charge on any atom is -0.362 e. The minimum atomic E-state index is -0.805. The Hall–Kier alpha value is -2.04. The maximum atomic E-state index is 11.5. The van der Waals surface area contributed by atoms with E-state index >= 15 is 0 Å². The van der Waals surface area contributed by atoms with E-state index in [2.05, 4.69) is 18.3 Å². The molecule has 0 spiro atoms. The number of hydrogen-bond donors (Lipinski definition) is 2. The van der Waals surface area contributed by atoms with Crippen molar-refractivity contribution in [3.63, 3.8) is 0 Å². The van der Waals surface area contributed by atoms with Gasteiger partial charge in [0.05, 0.1) is 6.54 Å². The molecule has 0 radical (unpaired) electrons. The van der Waals surface area contributed by atoms with Crippen molar-refractivity contribution in [3.8, 4) is 0 Å². The zero-order chi connectivity index (χ0) is 13.1. The van der Waals surface area contributed by atoms with Crippen LogP contribution in [0.1, 0.15) is 17.5 Å². The molecule has 18 heavy (non-hydrogen) atoms. The molecule has 0 saturated carbocycles. The zero-order valence-corrected chi connectivity index (χ0v) is 10.4. The Morgan fingerprint density at radius 3 is 2.94 bits per heavy atom. The van der Waals surface area contributed by atoms with Crippen LogP contribution in [0, 0.1) is 6.92 Å². The lowest BCUT2D eigenvalue weighted by atomic mass is 9.99. The van der Waals surface area contributed by atoms with Gasteiger partial charge >= 0.3 is 6.03 Å². The Balaban J connectivity index is 2.13. The van der Waals surface area contributed by atoms with E-state index in [1.165, 1.54) is 11.1 Å². The van der Waals surface area contributed by atoms with Crippen molar-refractivity contribution >= 4 is 17.6 Å². The average molecular weight is 247 g/mol. The van der Waals surface area contributed by atoms with E-state index in [1.54, 1.807) is 0 Å². The summed E-state index contributed by atoms with van der Waals surface area (Å²) < 4.78 is 0. The van der Waals surface area contributed by atoms with E-state index in [0.29, 0.717) is 0 Å². The monoisotopic (exact) mass is 247 g/mol. The lowest BCUT2D eigenvalue weighted by molar-refractivity contribution is -0.118. The molecule has 1 aliphatic heterocycles. The highest BCUT2D eigenvalue weighted by Crippen LogP contribution is 2.27. The van der Waals surface area contributed by atoms with Gasteiger partial charge in [0.25, 0.3) is 0 Å². The molecule has 0 fully saturated rings. The van der Waals surface area contributed by atoms with E-state index in [1.807, 2.05) is 17.0 Å². The van der Waals surface area contributed by atoms with Gasteiger partial charge in [0.2, 0.25) is 5.91 Å². The van der Waals surface area contributed by atoms with Crippen molar-refractivity contribution in [2.75, 3.05) is 18.0 Å². The average Bonchev–Trinajstić information content (AvgIpc) is 2.27. The van der Waals surface area contributed by atoms with Crippen LogP contribution in [0.3, 0.4) is 0 Å². The van der Waals surface area contributed by atoms with Gasteiger partial charge in [-0.2, -0.15) is 0 Å². The predicted octanol–water partition coefficient (Wildman–Crippen LogP) is 0.943. The van der Waals surface area contributed by atoms with Crippen LogP contribution in [0.25, 0.3) is 0 Å². The number of anilines is 1. The number of primary amides is 1. The summed E-state index contributed by atoms with van der Waals surface area (Å²) in [6, 6.07) is 5.40. The van der Waals surface area contributed by atoms with Gasteiger partial charge in [-0.05, 0) is 31.4 Å². The lowest BCUT2D eigenvalue weighted by Crippen LogP contribution is -2.43. The molecule has 1 aliphatic rings. The van der Waals surface area contributed by atoms with Crippen LogP contribution in [0.4, 0.5) is 10.5 Å². The van der Waals surface area contributed by atoms with Crippen LogP contribution in [-0.4, -0.2) is 25.0 Å². The van der Waals surface area contributed by atoms with Gasteiger partial charge in [0.1, 0.15) is 0 Å². The molecule has 1 aromatic rings. The molecule has 1 heterocycles. The molecule has 2 rings (SSSR count). The van der Waals surface area contributed by atoms with Crippen LogP contribution in [0.5, 0.6) is 0 Å². The number of imide groups is 1. The second kappa shape index (κ2) is 5.08. The number of fused-ring (bicyclic) bond motifs is 1. The molecule has 5 nitrogen and oxygen atoms in total. The number of carbonyl (C=O) groups excluding carboxylic acids is 2. The van der Waals surface area contributed by atoms with Crippen molar-refractivity contribution in [2.24, 2.45) is 5.73 Å². The highest BCUT2D eigenvalue weighted by Gasteiger charge is 2.19. The Labute approximate surface area is 106 Å². The van der Waals surface area contributed by atoms with Crippen LogP contribution in [0.15, 0.2) is 18.2 Å². The fourth-order valence-electron chi connectivity index (χ4n) is 2.32. The smallest absolute Gasteiger partial charge is 0.318 e. The molecule has 0 unspecified atom stereocenters. The van der Waals surface area contributed by atoms with Gasteiger partial charge in [-0.3, -0.25) is 10.1 Å². The number of benzene rings is 1. The first-order chi connectivity index (χ1) is 8.56. The largest absolute Gasteiger partial charge is 0.362 e. The van der Waals surface area contributed by atoms with Gasteiger partial charge in [-0.1, -0.05) is 17.7 Å². The molecule has 3 N–H and O–H groups in total. The summed E-state index contributed by atoms with van der Waals surface area (Å²) in [5, 5.41) is 2.09. The molecule has 1 aromatic carbocycles. The molecule has 0 atom stereocenters. The number of nitrogens with one attached hydrogen (secondary N) is 1. The maximum absolute atomic E-state index is 11.5. The predicted molar refractivity (Wildman–Crippen MR) is 69.4 cm³/mol. The van der Waals surface area contributed by atoms with Gasteiger partial charge in [0.15, 0.2) is 0 Å². The normalized spacial score (nSPS) is 13.9. The third-order valence-electron chi connectivity index (χ3n) is 3.05. The maximum Gasteiger partial charge on any atom is 0.318 e. The topological polar surface area (TPSA) is 75.4 Å². The summed E-state index contributed by atoms with van der Waals surface area (Å²) in [6.07, 6.45) is 2.05. The van der Waals surface area contributed by atoms with E-state index in [4.69, 9.17) is 5.73 Å². The van der Waals surface area contributed by atoms with Crippen molar-refractivity contribution in [2.45, 2.75) is 19.8 Å². The first-order valence-corrected chi connectivity index (χ1v) is 6.00. The van der Waals surface area contributed by atoms with Gasteiger partial charge in [-0.25, -0.2) is 4.79 Å². The second-order valence-corrected chi connectivity index (χ2v) is 4.57. The summed E-state index contributed by atoms with van der Waals surface area (Å²) in [6.45, 7) is 3.04. The van der Waals surface area contributed by atoms with E-state index < -0.39 is 6.03 Å². The molecular formula is C13H17N3O2. The molecule has 0 bridgehead atoms. The van der Waals surface area contributed by atoms with Gasteiger partial charge in [0, 0.05) is 12.2 Å². The summed E-state index contributed by atoms with van der Waals surface area (Å²) >= 11 is 0. The number of aryl methyl sites for hydroxylation is 2. The van der Waals surface area contributed by atoms with Crippen molar-refractivity contribution in [1.82, 2.24) is 5.32 Å². The lowest BCUT2D eigenvalue weighted by Gasteiger charge is -2.30. The SMILES string of the molecule is Cc1ccc2c(c1)CCCN2CC(=O)NC(N)=O. The van der Waals surface area contributed by atoms with E-state index in [0.717, 1.165) is 25.1 Å². The van der Waals surface area contributed by atoms with Gasteiger partial charge in [-0.15, -0.1) is 0 Å². The van der Waals surface area contributed by atoms with Crippen molar-refractivity contribution in [1.29, 1.82) is 0 Å². The van der Waals surface area contributed by atoms with E-state index in [9.17, 15) is 9.59 Å². The molecule has 96 valence electrons. The molecule has 0 saturated heterocycles. The van der Waals surface area contributed by atoms with Crippen LogP contribution in [-0.2, 0) is 11.2 Å². The number of nitrogens with two attached hydrogens (primary N) is 1. The summed E-state index contributed by atoms with van der Waals surface area (Å²) in [7, 11) is 0. The summed E-state index contributed by atoms with van der Waals surface area (Å²) in [5.74, 6) is -0.365. The molecule has 0 aliphatic carbocycles. The van der Waals surface area contributed by atoms with Crippen LogP contribution in [0.2, 0.25) is 0 Å². The first kappa shape index (κ1) is 12.4. The Morgan fingerprint density at radius 1 is 1.44 bits per heavy atom. The molecular weight excluding hydrogens is 230 g/mol. The standard InChI is InChI=1S/C13H17N3O2/c1-9-4-5-11-10(7-9)3-2-6-16(11)8-12(17)15-13(14)18/h4-5,7H,2-3,6,8H2,1H3,(H3,14,15,17,18). The van der Waals surface area contributed by atoms with Gasteiger partial charge < -0.3 is 10.6 Å². The second-order valence-electron chi connectivity index (χ2n) is 4.57. The molecule has 3 amide bonds. The van der Waals surface area contributed by atoms with Crippen LogP contribution >= 0.6 is 0 Å². The number of hydrogen-bond acceptors (Lipinski definition) is 3. The molecule has 5 heteroatoms. The highest BCUT2D eigenvalue weighted by molar-refractivity contribution is 5.95. The first-order valence-electron chi connectivity index (χ1n) is 6.00. The fraction of sp³-hybridized carbons (Fsp3) is 0.385. The van der Waals surface area contributed by atoms with Crippen molar-refractivity contribution < 1.29 is 9.59 Å². The summed E-state index contributed by atoms with van der Waals surface area (Å²) in [5.41, 5.74) is 8.48. The molecule has 0 aromatic heterocycles. The highest BCUT2D eigenvalue weighted by atomic mass is 16.2. The van der Waals surface area contributed by atoms with E-state index in [-0.39, 0.29) is 12.5 Å². The quantitative estimate of drug-likeness (QED) is 0.816. The third kappa shape index (κ3) is 2.80. The number of rotatable bonds is 2. The Bertz CT molecular complexity index is 485. The minimum absolute atomic E-state index is 0.166. The number of nitrogens with zero attached hydrogens (tertiary/aromatic N) is 1. The number of carbonyl (C=O) groups is 2. The third-order valence-corrected chi connectivity index (χ3v) is 3.05. The van der Waals surface area contributed by atoms with Crippen molar-refractivity contribution in [3.05, 3.63) is 29.3 Å². The zero-order valence-electron chi connectivity index (χ0n) is 10.4. The Morgan fingerprint density at radius 2 is 2.22 bits per heavy atom. The van der Waals surface area contributed by atoms with Crippen LogP contribution < -0.4 is 16.0 Å². The number of amides is 3. The number of urea groups is 1.